The minimum absolute atomic E-state index is 0.0644. The summed E-state index contributed by atoms with van der Waals surface area (Å²) in [4.78, 5) is 50.8. The number of aliphatic hydroxyl groups excluding tert-OH is 1. The van der Waals surface area contributed by atoms with Gasteiger partial charge in [0.2, 0.25) is 17.8 Å². The van der Waals surface area contributed by atoms with Crippen molar-refractivity contribution in [1.29, 1.82) is 0 Å². The summed E-state index contributed by atoms with van der Waals surface area (Å²) in [6.45, 7) is 4.30. The highest BCUT2D eigenvalue weighted by Gasteiger charge is 2.35. The summed E-state index contributed by atoms with van der Waals surface area (Å²) in [6.07, 6.45) is 2.64. The average Bonchev–Trinajstić information content (AvgIpc) is 3.29. The molecule has 3 amide bonds. The third-order valence-electron chi connectivity index (χ3n) is 7.74. The minimum Gasteiger partial charge on any atom is -0.394 e. The smallest absolute Gasteiger partial charge is 0.255 e. The van der Waals surface area contributed by atoms with Crippen LogP contribution in [0.25, 0.3) is 11.3 Å². The van der Waals surface area contributed by atoms with Crippen molar-refractivity contribution < 1.29 is 19.5 Å². The third kappa shape index (κ3) is 6.03. The van der Waals surface area contributed by atoms with Crippen LogP contribution in [0.3, 0.4) is 0 Å². The number of anilines is 1. The van der Waals surface area contributed by atoms with E-state index in [0.29, 0.717) is 40.8 Å². The predicted octanol–water partition coefficient (Wildman–Crippen LogP) is 3.33. The molecule has 0 saturated carbocycles. The molecule has 1 fully saturated rings. The van der Waals surface area contributed by atoms with Gasteiger partial charge in [-0.15, -0.1) is 0 Å². The Hall–Kier alpha value is -4.02. The van der Waals surface area contributed by atoms with Gasteiger partial charge in [-0.25, -0.2) is 9.97 Å². The molecule has 2 aromatic carbocycles. The van der Waals surface area contributed by atoms with E-state index in [1.165, 1.54) is 11.1 Å². The summed E-state index contributed by atoms with van der Waals surface area (Å²) in [5.74, 6) is -0.199. The van der Waals surface area contributed by atoms with Crippen LogP contribution in [-0.2, 0) is 16.1 Å². The molecule has 3 heterocycles. The van der Waals surface area contributed by atoms with Gasteiger partial charge >= 0.3 is 0 Å². The van der Waals surface area contributed by atoms with Crippen molar-refractivity contribution in [2.45, 2.75) is 51.4 Å². The van der Waals surface area contributed by atoms with E-state index < -0.39 is 12.1 Å². The van der Waals surface area contributed by atoms with Gasteiger partial charge in [-0.1, -0.05) is 53.6 Å². The van der Waals surface area contributed by atoms with Crippen molar-refractivity contribution in [2.75, 3.05) is 25.5 Å². The Bertz CT molecular complexity index is 1500. The number of nitrogens with zero attached hydrogens (tertiary/aromatic N) is 4. The Morgan fingerprint density at radius 1 is 1.22 bits per heavy atom. The van der Waals surface area contributed by atoms with Crippen LogP contribution in [0.1, 0.15) is 52.9 Å². The first kappa shape index (κ1) is 28.5. The van der Waals surface area contributed by atoms with Crippen LogP contribution in [0.5, 0.6) is 0 Å². The average molecular weight is 577 g/mol. The second-order valence-corrected chi connectivity index (χ2v) is 11.1. The van der Waals surface area contributed by atoms with Crippen molar-refractivity contribution in [2.24, 2.45) is 0 Å². The lowest BCUT2D eigenvalue weighted by molar-refractivity contribution is -0.132. The number of fused-ring (bicyclic) bond motifs is 1. The number of aryl methyl sites for hydroxylation is 1. The fourth-order valence-electron chi connectivity index (χ4n) is 5.23. The molecule has 3 aromatic rings. The molecule has 10 nitrogen and oxygen atoms in total. The summed E-state index contributed by atoms with van der Waals surface area (Å²) in [5, 5.41) is 16.4. The lowest BCUT2D eigenvalue weighted by atomic mass is 10.0. The topological polar surface area (TPSA) is 128 Å². The van der Waals surface area contributed by atoms with Crippen molar-refractivity contribution in [1.82, 2.24) is 25.1 Å². The number of amides is 3. The number of aromatic nitrogens is 2. The zero-order valence-electron chi connectivity index (χ0n) is 23.2. The molecule has 0 bridgehead atoms. The molecule has 3 N–H and O–H groups in total. The first-order chi connectivity index (χ1) is 19.6. The Balaban J connectivity index is 1.30. The molecular weight excluding hydrogens is 544 g/mol. The normalized spacial score (nSPS) is 18.2. The van der Waals surface area contributed by atoms with Gasteiger partial charge in [0.05, 0.1) is 29.6 Å². The molecule has 214 valence electrons. The van der Waals surface area contributed by atoms with E-state index in [9.17, 15) is 19.5 Å². The Morgan fingerprint density at radius 2 is 2.02 bits per heavy atom. The Labute approximate surface area is 243 Å². The quantitative estimate of drug-likeness (QED) is 0.375. The van der Waals surface area contributed by atoms with Crippen LogP contribution in [0.15, 0.2) is 48.7 Å². The lowest BCUT2D eigenvalue weighted by Gasteiger charge is -2.29. The van der Waals surface area contributed by atoms with Crippen LogP contribution in [-0.4, -0.2) is 74.9 Å². The molecule has 2 aliphatic heterocycles. The number of nitrogens with one attached hydrogen (secondary N) is 2. The van der Waals surface area contributed by atoms with E-state index >= 15 is 0 Å². The van der Waals surface area contributed by atoms with Crippen molar-refractivity contribution in [3.63, 3.8) is 0 Å². The number of carbonyl (C=O) groups excluding carboxylic acids is 3. The standard InChI is InChI=1S/C30H33ClN6O4/c1-17-5-4-6-19(11-17)25(16-38)34-28(40)18(2)37-15-21-8-7-20(12-23(21)29(37)41)27-24(31)14-32-30(35-27)33-22-9-10-36(3)26(39)13-22/h4-8,11-12,14,18,22,25,38H,9-10,13,15-16H2,1-3H3,(H,34,40)(H,32,33,35). The summed E-state index contributed by atoms with van der Waals surface area (Å²) < 4.78 is 0. The number of halogens is 1. The molecule has 1 saturated heterocycles. The van der Waals surface area contributed by atoms with Crippen LogP contribution in [0.4, 0.5) is 5.95 Å². The number of hydrogen-bond donors (Lipinski definition) is 3. The molecule has 0 spiro atoms. The van der Waals surface area contributed by atoms with E-state index in [4.69, 9.17) is 11.6 Å². The van der Waals surface area contributed by atoms with Gasteiger partial charge < -0.3 is 25.5 Å². The monoisotopic (exact) mass is 576 g/mol. The largest absolute Gasteiger partial charge is 0.394 e. The molecule has 41 heavy (non-hydrogen) atoms. The van der Waals surface area contributed by atoms with Gasteiger partial charge in [-0.2, -0.15) is 0 Å². The Morgan fingerprint density at radius 3 is 2.76 bits per heavy atom. The summed E-state index contributed by atoms with van der Waals surface area (Å²) in [5.41, 5.74) is 4.20. The van der Waals surface area contributed by atoms with Crippen molar-refractivity contribution in [3.05, 3.63) is 75.9 Å². The van der Waals surface area contributed by atoms with Crippen LogP contribution >= 0.6 is 11.6 Å². The Kier molecular flexibility index (Phi) is 8.23. The van der Waals surface area contributed by atoms with Gasteiger partial charge in [0, 0.05) is 43.7 Å². The second-order valence-electron chi connectivity index (χ2n) is 10.7. The SMILES string of the molecule is Cc1cccc(C(CO)NC(=O)C(C)N2Cc3ccc(-c4nc(NC5CCN(C)C(=O)C5)ncc4Cl)cc3C2=O)c1. The maximum Gasteiger partial charge on any atom is 0.255 e. The van der Waals surface area contributed by atoms with Gasteiger partial charge in [0.25, 0.3) is 5.91 Å². The van der Waals surface area contributed by atoms with Gasteiger partial charge in [-0.3, -0.25) is 14.4 Å². The van der Waals surface area contributed by atoms with E-state index in [1.54, 1.807) is 24.9 Å². The molecule has 2 aliphatic rings. The maximum absolute atomic E-state index is 13.5. The van der Waals surface area contributed by atoms with E-state index in [2.05, 4.69) is 20.6 Å². The van der Waals surface area contributed by atoms with E-state index in [1.807, 2.05) is 43.3 Å². The third-order valence-corrected chi connectivity index (χ3v) is 8.02. The highest BCUT2D eigenvalue weighted by Crippen LogP contribution is 2.32. The first-order valence-electron chi connectivity index (χ1n) is 13.6. The number of likely N-dealkylation sites (tertiary alicyclic amines) is 1. The maximum atomic E-state index is 13.5. The van der Waals surface area contributed by atoms with Crippen molar-refractivity contribution >= 4 is 35.3 Å². The second kappa shape index (κ2) is 11.8. The molecule has 0 aliphatic carbocycles. The fourth-order valence-corrected chi connectivity index (χ4v) is 5.43. The molecule has 5 rings (SSSR count). The lowest BCUT2D eigenvalue weighted by Crippen LogP contribution is -2.46. The molecule has 0 radical (unpaired) electrons. The number of rotatable bonds is 8. The summed E-state index contributed by atoms with van der Waals surface area (Å²) >= 11 is 6.46. The summed E-state index contributed by atoms with van der Waals surface area (Å²) in [7, 11) is 1.79. The molecule has 3 atom stereocenters. The number of aliphatic hydroxyl groups is 1. The zero-order chi connectivity index (χ0) is 29.3. The van der Waals surface area contributed by atoms with E-state index in [-0.39, 0.29) is 36.9 Å². The number of benzene rings is 2. The molecule has 1 aromatic heterocycles. The van der Waals surface area contributed by atoms with Crippen LogP contribution < -0.4 is 10.6 Å². The van der Waals surface area contributed by atoms with E-state index in [0.717, 1.165) is 23.1 Å². The highest BCUT2D eigenvalue weighted by atomic mass is 35.5. The predicted molar refractivity (Wildman–Crippen MR) is 155 cm³/mol. The summed E-state index contributed by atoms with van der Waals surface area (Å²) in [6, 6.07) is 11.6. The molecule has 3 unspecified atom stereocenters. The molecular formula is C30H33ClN6O4. The number of hydrogen-bond acceptors (Lipinski definition) is 7. The first-order valence-corrected chi connectivity index (χ1v) is 14.0. The zero-order valence-corrected chi connectivity index (χ0v) is 24.0. The van der Waals surface area contributed by atoms with Gasteiger partial charge in [-0.05, 0) is 37.5 Å². The van der Waals surface area contributed by atoms with Crippen LogP contribution in [0, 0.1) is 6.92 Å². The van der Waals surface area contributed by atoms with Gasteiger partial charge in [0.1, 0.15) is 6.04 Å². The minimum atomic E-state index is -0.757. The van der Waals surface area contributed by atoms with Gasteiger partial charge in [0.15, 0.2) is 0 Å². The fraction of sp³-hybridized carbons (Fsp3) is 0.367. The molecule has 11 heteroatoms. The number of carbonyl (C=O) groups is 3. The van der Waals surface area contributed by atoms with Crippen LogP contribution in [0.2, 0.25) is 5.02 Å². The van der Waals surface area contributed by atoms with Crippen molar-refractivity contribution in [3.8, 4) is 11.3 Å². The highest BCUT2D eigenvalue weighted by molar-refractivity contribution is 6.33. The number of piperidine rings is 1.